The number of aromatic amines is 1. The SMILES string of the molecule is CCCCC(C)c1nc(C)c2c(=O)[nH]c(-c3cc(NS(=O)N4CCN(C)CC4)ccc3OCC)nn12. The van der Waals surface area contributed by atoms with Gasteiger partial charge in [0, 0.05) is 37.8 Å². The maximum atomic E-state index is 13.1. The summed E-state index contributed by atoms with van der Waals surface area (Å²) in [6.45, 7) is 11.7. The molecule has 1 aliphatic heterocycles. The van der Waals surface area contributed by atoms with Gasteiger partial charge in [0.2, 0.25) is 0 Å². The Labute approximate surface area is 214 Å². The lowest BCUT2D eigenvalue weighted by Gasteiger charge is -2.31. The molecule has 11 heteroatoms. The van der Waals surface area contributed by atoms with Crippen LogP contribution in [0.15, 0.2) is 23.0 Å². The Kier molecular flexibility index (Phi) is 8.43. The van der Waals surface area contributed by atoms with Gasteiger partial charge in [0.25, 0.3) is 5.56 Å². The van der Waals surface area contributed by atoms with Crippen molar-refractivity contribution in [2.75, 3.05) is 44.6 Å². The Morgan fingerprint density at radius 3 is 2.67 bits per heavy atom. The number of nitrogens with one attached hydrogen (secondary N) is 2. The number of hydrogen-bond donors (Lipinski definition) is 2. The number of benzene rings is 1. The molecule has 0 bridgehead atoms. The fourth-order valence-corrected chi connectivity index (χ4v) is 5.40. The molecule has 0 saturated carbocycles. The van der Waals surface area contributed by atoms with Crippen LogP contribution in [0.3, 0.4) is 0 Å². The second kappa shape index (κ2) is 11.5. The van der Waals surface area contributed by atoms with E-state index in [0.29, 0.717) is 40.6 Å². The van der Waals surface area contributed by atoms with E-state index in [1.807, 2.05) is 36.4 Å². The van der Waals surface area contributed by atoms with Crippen molar-refractivity contribution in [3.05, 3.63) is 40.1 Å². The summed E-state index contributed by atoms with van der Waals surface area (Å²) in [5.74, 6) is 1.92. The number of likely N-dealkylation sites (N-methyl/N-ethyl adjacent to an activating group) is 1. The molecule has 2 N–H and O–H groups in total. The number of imidazole rings is 1. The minimum atomic E-state index is -1.38. The van der Waals surface area contributed by atoms with Crippen LogP contribution in [0, 0.1) is 6.92 Å². The number of unbranched alkanes of at least 4 members (excludes halogenated alkanes) is 1. The van der Waals surface area contributed by atoms with E-state index in [2.05, 4.69) is 35.5 Å². The number of rotatable bonds is 10. The van der Waals surface area contributed by atoms with Crippen LogP contribution in [0.5, 0.6) is 5.75 Å². The quantitative estimate of drug-likeness (QED) is 0.429. The molecule has 0 spiro atoms. The summed E-state index contributed by atoms with van der Waals surface area (Å²) in [6, 6.07) is 5.47. The van der Waals surface area contributed by atoms with Gasteiger partial charge >= 0.3 is 0 Å². The molecule has 1 aliphatic rings. The van der Waals surface area contributed by atoms with E-state index in [9.17, 15) is 9.00 Å². The Balaban J connectivity index is 1.72. The minimum Gasteiger partial charge on any atom is -0.493 e. The molecular weight excluding hydrogens is 478 g/mol. The van der Waals surface area contributed by atoms with Gasteiger partial charge in [0.15, 0.2) is 22.5 Å². The molecule has 36 heavy (non-hydrogen) atoms. The van der Waals surface area contributed by atoms with Gasteiger partial charge in [0.05, 0.1) is 17.9 Å². The number of anilines is 1. The third-order valence-corrected chi connectivity index (χ3v) is 7.81. The first kappa shape index (κ1) is 26.3. The Morgan fingerprint density at radius 1 is 1.22 bits per heavy atom. The lowest BCUT2D eigenvalue weighted by molar-refractivity contribution is 0.229. The maximum absolute atomic E-state index is 13.1. The van der Waals surface area contributed by atoms with Gasteiger partial charge in [-0.05, 0) is 45.5 Å². The molecule has 1 saturated heterocycles. The third-order valence-electron chi connectivity index (χ3n) is 6.57. The van der Waals surface area contributed by atoms with Crippen LogP contribution in [0.25, 0.3) is 16.9 Å². The Morgan fingerprint density at radius 2 is 1.97 bits per heavy atom. The zero-order valence-electron chi connectivity index (χ0n) is 21.8. The number of H-pyrrole nitrogens is 1. The highest BCUT2D eigenvalue weighted by Crippen LogP contribution is 2.31. The van der Waals surface area contributed by atoms with Crippen LogP contribution in [-0.4, -0.2) is 72.8 Å². The van der Waals surface area contributed by atoms with E-state index in [0.717, 1.165) is 51.3 Å². The van der Waals surface area contributed by atoms with Crippen molar-refractivity contribution in [1.82, 2.24) is 28.8 Å². The van der Waals surface area contributed by atoms with E-state index in [1.54, 1.807) is 4.52 Å². The number of aromatic nitrogens is 4. The minimum absolute atomic E-state index is 0.165. The number of piperazine rings is 1. The predicted molar refractivity (Wildman–Crippen MR) is 144 cm³/mol. The first-order valence-electron chi connectivity index (χ1n) is 12.7. The summed E-state index contributed by atoms with van der Waals surface area (Å²) in [5, 5.41) is 4.82. The lowest BCUT2D eigenvalue weighted by atomic mass is 10.0. The van der Waals surface area contributed by atoms with Crippen LogP contribution in [0.1, 0.15) is 57.5 Å². The molecule has 2 atom stereocenters. The molecule has 0 aliphatic carbocycles. The molecule has 0 radical (unpaired) electrons. The average molecular weight is 516 g/mol. The first-order valence-corrected chi connectivity index (χ1v) is 13.8. The molecule has 10 nitrogen and oxygen atoms in total. The summed E-state index contributed by atoms with van der Waals surface area (Å²) in [4.78, 5) is 23.0. The molecule has 2 unspecified atom stereocenters. The number of fused-ring (bicyclic) bond motifs is 1. The molecule has 3 heterocycles. The largest absolute Gasteiger partial charge is 0.493 e. The normalized spacial score (nSPS) is 16.8. The van der Waals surface area contributed by atoms with Gasteiger partial charge in [-0.25, -0.2) is 18.0 Å². The van der Waals surface area contributed by atoms with Gasteiger partial charge < -0.3 is 14.6 Å². The number of aryl methyl sites for hydroxylation is 1. The second-order valence-electron chi connectivity index (χ2n) is 9.39. The van der Waals surface area contributed by atoms with Gasteiger partial charge in [-0.1, -0.05) is 26.7 Å². The number of hydrogen-bond acceptors (Lipinski definition) is 6. The standard InChI is InChI=1S/C25H37N7O3S/c1-6-8-9-17(3)24-26-18(4)22-25(33)27-23(28-32(22)24)20-16-19(10-11-21(20)35-7-2)29-36(34)31-14-12-30(5)13-15-31/h10-11,16-17,29H,6-9,12-15H2,1-5H3,(H,27,28,33). The highest BCUT2D eigenvalue weighted by atomic mass is 32.2. The zero-order chi connectivity index (χ0) is 25.8. The summed E-state index contributed by atoms with van der Waals surface area (Å²) in [5.41, 5.74) is 2.15. The van der Waals surface area contributed by atoms with Crippen LogP contribution in [0.4, 0.5) is 5.69 Å². The fraction of sp³-hybridized carbons (Fsp3) is 0.560. The fourth-order valence-electron chi connectivity index (χ4n) is 4.45. The van der Waals surface area contributed by atoms with Gasteiger partial charge in [-0.15, -0.1) is 5.10 Å². The molecular formula is C25H37N7O3S. The smallest absolute Gasteiger partial charge is 0.277 e. The van der Waals surface area contributed by atoms with Crippen molar-refractivity contribution < 1.29 is 8.95 Å². The van der Waals surface area contributed by atoms with Crippen molar-refractivity contribution >= 4 is 22.4 Å². The van der Waals surface area contributed by atoms with Crippen LogP contribution in [0.2, 0.25) is 0 Å². The molecule has 0 amide bonds. The maximum Gasteiger partial charge on any atom is 0.277 e. The van der Waals surface area contributed by atoms with Crippen LogP contribution >= 0.6 is 0 Å². The van der Waals surface area contributed by atoms with Crippen molar-refractivity contribution in [3.63, 3.8) is 0 Å². The van der Waals surface area contributed by atoms with Crippen LogP contribution in [-0.2, 0) is 11.2 Å². The van der Waals surface area contributed by atoms with Gasteiger partial charge in [-0.2, -0.15) is 0 Å². The number of nitrogens with zero attached hydrogens (tertiary/aromatic N) is 5. The van der Waals surface area contributed by atoms with Crippen molar-refractivity contribution in [3.8, 4) is 17.1 Å². The topological polar surface area (TPSA) is 108 Å². The van der Waals surface area contributed by atoms with Crippen molar-refractivity contribution in [2.24, 2.45) is 0 Å². The Hall–Kier alpha value is -2.76. The lowest BCUT2D eigenvalue weighted by Crippen LogP contribution is -2.46. The molecule has 1 fully saturated rings. The molecule has 4 rings (SSSR count). The van der Waals surface area contributed by atoms with E-state index in [-0.39, 0.29) is 11.5 Å². The summed E-state index contributed by atoms with van der Waals surface area (Å²) in [6.07, 6.45) is 3.15. The van der Waals surface area contributed by atoms with E-state index < -0.39 is 11.2 Å². The summed E-state index contributed by atoms with van der Waals surface area (Å²) in [7, 11) is 2.06. The van der Waals surface area contributed by atoms with E-state index in [1.165, 1.54) is 0 Å². The van der Waals surface area contributed by atoms with E-state index >= 15 is 0 Å². The molecule has 1 aromatic carbocycles. The number of ether oxygens (including phenoxy) is 1. The van der Waals surface area contributed by atoms with Crippen LogP contribution < -0.4 is 15.0 Å². The molecule has 3 aromatic rings. The average Bonchev–Trinajstić information content (AvgIpc) is 3.20. The molecule has 196 valence electrons. The zero-order valence-corrected chi connectivity index (χ0v) is 22.7. The molecule has 2 aromatic heterocycles. The van der Waals surface area contributed by atoms with Gasteiger partial charge in [0.1, 0.15) is 11.6 Å². The highest BCUT2D eigenvalue weighted by molar-refractivity contribution is 7.84. The first-order chi connectivity index (χ1) is 17.3. The highest BCUT2D eigenvalue weighted by Gasteiger charge is 2.22. The third kappa shape index (κ3) is 5.63. The summed E-state index contributed by atoms with van der Waals surface area (Å²) < 4.78 is 25.5. The van der Waals surface area contributed by atoms with Gasteiger partial charge in [-0.3, -0.25) is 9.52 Å². The van der Waals surface area contributed by atoms with Crippen molar-refractivity contribution in [2.45, 2.75) is 52.9 Å². The second-order valence-corrected chi connectivity index (χ2v) is 10.6. The Bertz CT molecular complexity index is 1280. The predicted octanol–water partition coefficient (Wildman–Crippen LogP) is 3.32. The van der Waals surface area contributed by atoms with Crippen molar-refractivity contribution in [1.29, 1.82) is 0 Å². The monoisotopic (exact) mass is 515 g/mol. The summed E-state index contributed by atoms with van der Waals surface area (Å²) >= 11 is -1.38. The van der Waals surface area contributed by atoms with E-state index in [4.69, 9.17) is 14.8 Å².